The summed E-state index contributed by atoms with van der Waals surface area (Å²) in [6.45, 7) is 3.06. The first-order valence-electron chi connectivity index (χ1n) is 8.18. The molecule has 0 spiro atoms. The Hall–Kier alpha value is -1.50. The maximum atomic E-state index is 12.8. The second-order valence-corrected chi connectivity index (χ2v) is 6.86. The fourth-order valence-electron chi connectivity index (χ4n) is 2.74. The molecule has 2 N–H and O–H groups in total. The van der Waals surface area contributed by atoms with E-state index in [0.717, 1.165) is 12.1 Å². The van der Waals surface area contributed by atoms with Crippen molar-refractivity contribution in [2.24, 2.45) is 0 Å². The maximum absolute atomic E-state index is 12.8. The monoisotopic (exact) mass is 369 g/mol. The first-order valence-corrected chi connectivity index (χ1v) is 8.99. The largest absolute Gasteiger partial charge is 0.446 e. The molecule has 0 aliphatic rings. The standard InChI is InChI=1S/C19H22F3NOS/c1-2-23-13-17(24)16(14-8-4-3-5-9-14)12-15-10-6-7-11-18(15)25-19(20,21)22/h3-11,16-17,23-24H,2,12-13H2,1H3/t16?,17-/m0/s1. The first-order chi connectivity index (χ1) is 11.9. The number of thioether (sulfide) groups is 1. The van der Waals surface area contributed by atoms with Crippen LogP contribution >= 0.6 is 11.8 Å². The Morgan fingerprint density at radius 3 is 2.32 bits per heavy atom. The van der Waals surface area contributed by atoms with Crippen LogP contribution in [0.25, 0.3) is 0 Å². The number of aliphatic hydroxyl groups excluding tert-OH is 1. The van der Waals surface area contributed by atoms with E-state index in [0.29, 0.717) is 18.5 Å². The van der Waals surface area contributed by atoms with Crippen molar-refractivity contribution in [3.05, 3.63) is 65.7 Å². The van der Waals surface area contributed by atoms with Crippen LogP contribution in [-0.4, -0.2) is 29.8 Å². The van der Waals surface area contributed by atoms with Crippen molar-refractivity contribution in [1.29, 1.82) is 0 Å². The molecule has 2 aromatic rings. The molecular weight excluding hydrogens is 347 g/mol. The highest BCUT2D eigenvalue weighted by molar-refractivity contribution is 8.00. The lowest BCUT2D eigenvalue weighted by Crippen LogP contribution is -2.32. The average molecular weight is 369 g/mol. The van der Waals surface area contributed by atoms with Crippen molar-refractivity contribution in [2.75, 3.05) is 13.1 Å². The maximum Gasteiger partial charge on any atom is 0.446 e. The zero-order valence-electron chi connectivity index (χ0n) is 14.0. The summed E-state index contributed by atoms with van der Waals surface area (Å²) in [5, 5.41) is 13.7. The molecule has 136 valence electrons. The van der Waals surface area contributed by atoms with E-state index in [2.05, 4.69) is 5.32 Å². The number of hydrogen-bond donors (Lipinski definition) is 2. The smallest absolute Gasteiger partial charge is 0.391 e. The van der Waals surface area contributed by atoms with Crippen molar-refractivity contribution in [3.8, 4) is 0 Å². The third kappa shape index (κ3) is 6.38. The van der Waals surface area contributed by atoms with Gasteiger partial charge in [-0.3, -0.25) is 0 Å². The SMILES string of the molecule is CCNC[C@H](O)C(Cc1ccccc1SC(F)(F)F)c1ccccc1. The van der Waals surface area contributed by atoms with Crippen LogP contribution in [0.15, 0.2) is 59.5 Å². The minimum Gasteiger partial charge on any atom is -0.391 e. The van der Waals surface area contributed by atoms with Gasteiger partial charge in [0.1, 0.15) is 0 Å². The lowest BCUT2D eigenvalue weighted by atomic mass is 9.87. The van der Waals surface area contributed by atoms with Crippen LogP contribution < -0.4 is 5.32 Å². The molecular formula is C19H22F3NOS. The Labute approximate surface area is 150 Å². The summed E-state index contributed by atoms with van der Waals surface area (Å²) in [4.78, 5) is 0.187. The summed E-state index contributed by atoms with van der Waals surface area (Å²) in [6, 6.07) is 15.9. The number of hydrogen-bond acceptors (Lipinski definition) is 3. The lowest BCUT2D eigenvalue weighted by Gasteiger charge is -2.25. The van der Waals surface area contributed by atoms with E-state index < -0.39 is 11.6 Å². The van der Waals surface area contributed by atoms with Gasteiger partial charge in [0.05, 0.1) is 6.10 Å². The van der Waals surface area contributed by atoms with Gasteiger partial charge in [-0.15, -0.1) is 0 Å². The normalized spacial score (nSPS) is 14.3. The third-order valence-corrected chi connectivity index (χ3v) is 4.78. The van der Waals surface area contributed by atoms with Gasteiger partial charge in [-0.05, 0) is 41.9 Å². The Balaban J connectivity index is 2.28. The quantitative estimate of drug-likeness (QED) is 0.667. The Bertz CT molecular complexity index is 649. The molecule has 0 heterocycles. The Kier molecular flexibility index (Phi) is 7.35. The highest BCUT2D eigenvalue weighted by Gasteiger charge is 2.31. The second kappa shape index (κ2) is 9.27. The van der Waals surface area contributed by atoms with Gasteiger partial charge >= 0.3 is 5.51 Å². The second-order valence-electron chi connectivity index (χ2n) is 5.75. The summed E-state index contributed by atoms with van der Waals surface area (Å²) in [5.41, 5.74) is -2.82. The highest BCUT2D eigenvalue weighted by atomic mass is 32.2. The summed E-state index contributed by atoms with van der Waals surface area (Å²) in [6.07, 6.45) is -0.346. The molecule has 0 aliphatic carbocycles. The van der Waals surface area contributed by atoms with Crippen molar-refractivity contribution in [2.45, 2.75) is 35.8 Å². The van der Waals surface area contributed by atoms with Gasteiger partial charge in [0.15, 0.2) is 0 Å². The predicted octanol–water partition coefficient (Wildman–Crippen LogP) is 4.60. The number of alkyl halides is 3. The van der Waals surface area contributed by atoms with E-state index in [-0.39, 0.29) is 22.6 Å². The van der Waals surface area contributed by atoms with Gasteiger partial charge in [0.2, 0.25) is 0 Å². The zero-order chi connectivity index (χ0) is 18.3. The Morgan fingerprint density at radius 1 is 1.04 bits per heavy atom. The number of halogens is 3. The summed E-state index contributed by atoms with van der Waals surface area (Å²) < 4.78 is 38.4. The number of rotatable bonds is 8. The fraction of sp³-hybridized carbons (Fsp3) is 0.368. The molecule has 2 nitrogen and oxygen atoms in total. The van der Waals surface area contributed by atoms with Crippen LogP contribution in [0.2, 0.25) is 0 Å². The summed E-state index contributed by atoms with van der Waals surface area (Å²) in [7, 11) is 0. The van der Waals surface area contributed by atoms with Crippen LogP contribution in [0, 0.1) is 0 Å². The van der Waals surface area contributed by atoms with Crippen LogP contribution in [-0.2, 0) is 6.42 Å². The molecule has 0 aromatic heterocycles. The molecule has 0 saturated heterocycles. The van der Waals surface area contributed by atoms with Crippen LogP contribution in [0.4, 0.5) is 13.2 Å². The van der Waals surface area contributed by atoms with Crippen LogP contribution in [0.1, 0.15) is 24.0 Å². The molecule has 0 bridgehead atoms. The number of benzene rings is 2. The molecule has 2 aromatic carbocycles. The minimum absolute atomic E-state index is 0.103. The van der Waals surface area contributed by atoms with E-state index >= 15 is 0 Å². The van der Waals surface area contributed by atoms with E-state index in [1.807, 2.05) is 37.3 Å². The summed E-state index contributed by atoms with van der Waals surface area (Å²) in [5.74, 6) is -0.282. The minimum atomic E-state index is -4.33. The van der Waals surface area contributed by atoms with E-state index in [1.165, 1.54) is 6.07 Å². The average Bonchev–Trinajstić information content (AvgIpc) is 2.58. The number of likely N-dealkylation sites (N-methyl/N-ethyl adjacent to an activating group) is 1. The highest BCUT2D eigenvalue weighted by Crippen LogP contribution is 2.40. The number of aliphatic hydroxyl groups is 1. The fourth-order valence-corrected chi connectivity index (χ4v) is 3.42. The topological polar surface area (TPSA) is 32.3 Å². The predicted molar refractivity (Wildman–Crippen MR) is 95.8 cm³/mol. The first kappa shape index (κ1) is 19.8. The molecule has 25 heavy (non-hydrogen) atoms. The van der Waals surface area contributed by atoms with E-state index in [9.17, 15) is 18.3 Å². The summed E-state index contributed by atoms with van der Waals surface area (Å²) >= 11 is -0.103. The molecule has 0 radical (unpaired) electrons. The third-order valence-electron chi connectivity index (χ3n) is 3.93. The van der Waals surface area contributed by atoms with Crippen LogP contribution in [0.3, 0.4) is 0 Å². The van der Waals surface area contributed by atoms with Crippen molar-refractivity contribution in [3.63, 3.8) is 0 Å². The van der Waals surface area contributed by atoms with Gasteiger partial charge in [0, 0.05) is 17.4 Å². The van der Waals surface area contributed by atoms with Crippen molar-refractivity contribution in [1.82, 2.24) is 5.32 Å². The van der Waals surface area contributed by atoms with Crippen LogP contribution in [0.5, 0.6) is 0 Å². The van der Waals surface area contributed by atoms with Gasteiger partial charge in [-0.25, -0.2) is 0 Å². The van der Waals surface area contributed by atoms with E-state index in [1.54, 1.807) is 18.2 Å². The van der Waals surface area contributed by atoms with Gasteiger partial charge in [-0.1, -0.05) is 55.5 Å². The van der Waals surface area contributed by atoms with Gasteiger partial charge < -0.3 is 10.4 Å². The lowest BCUT2D eigenvalue weighted by molar-refractivity contribution is -0.0328. The van der Waals surface area contributed by atoms with E-state index in [4.69, 9.17) is 0 Å². The molecule has 1 unspecified atom stereocenters. The molecule has 0 aliphatic heterocycles. The molecule has 0 saturated carbocycles. The molecule has 2 atom stereocenters. The molecule has 2 rings (SSSR count). The molecule has 0 fully saturated rings. The molecule has 6 heteroatoms. The Morgan fingerprint density at radius 2 is 1.68 bits per heavy atom. The number of nitrogens with one attached hydrogen (secondary N) is 1. The van der Waals surface area contributed by atoms with Gasteiger partial charge in [-0.2, -0.15) is 13.2 Å². The van der Waals surface area contributed by atoms with Crippen molar-refractivity contribution >= 4 is 11.8 Å². The molecule has 0 amide bonds. The van der Waals surface area contributed by atoms with Crippen molar-refractivity contribution < 1.29 is 18.3 Å². The van der Waals surface area contributed by atoms with Gasteiger partial charge in [0.25, 0.3) is 0 Å². The zero-order valence-corrected chi connectivity index (χ0v) is 14.8.